The smallest absolute Gasteiger partial charge is 0.150 e. The van der Waals surface area contributed by atoms with E-state index in [4.69, 9.17) is 6.42 Å². The van der Waals surface area contributed by atoms with Gasteiger partial charge in [0.15, 0.2) is 0 Å². The van der Waals surface area contributed by atoms with Crippen molar-refractivity contribution in [2.75, 3.05) is 0 Å². The molecule has 0 aromatic heterocycles. The van der Waals surface area contributed by atoms with Gasteiger partial charge in [-0.05, 0) is 11.3 Å². The summed E-state index contributed by atoms with van der Waals surface area (Å²) in [7, 11) is -1.45. The first kappa shape index (κ1) is 10.7. The third-order valence-corrected chi connectivity index (χ3v) is 4.17. The summed E-state index contributed by atoms with van der Waals surface area (Å²) in [4.78, 5) is 10.6. The molecule has 1 aromatic carbocycles. The van der Waals surface area contributed by atoms with Crippen LogP contribution < -0.4 is 5.19 Å². The summed E-state index contributed by atoms with van der Waals surface area (Å²) in [6.45, 7) is 6.66. The summed E-state index contributed by atoms with van der Waals surface area (Å²) in [6, 6.07) is 5.55. The van der Waals surface area contributed by atoms with Gasteiger partial charge in [-0.15, -0.1) is 6.42 Å². The zero-order valence-electron chi connectivity index (χ0n) is 8.79. The number of terminal acetylenes is 1. The normalized spacial score (nSPS) is 10.7. The van der Waals surface area contributed by atoms with Gasteiger partial charge >= 0.3 is 0 Å². The molecule has 0 aliphatic rings. The molecule has 0 saturated carbocycles. The van der Waals surface area contributed by atoms with Crippen LogP contribution in [0.5, 0.6) is 0 Å². The molecule has 0 radical (unpaired) electrons. The molecule has 1 aromatic rings. The highest BCUT2D eigenvalue weighted by Crippen LogP contribution is 2.08. The summed E-state index contributed by atoms with van der Waals surface area (Å²) >= 11 is 0. The SMILES string of the molecule is C#Cc1ccc(C=O)cc1[Si](C)(C)C. The number of aldehydes is 1. The maximum Gasteiger partial charge on any atom is 0.150 e. The van der Waals surface area contributed by atoms with Gasteiger partial charge in [-0.25, -0.2) is 0 Å². The molecule has 0 aliphatic carbocycles. The molecule has 0 amide bonds. The first-order valence-corrected chi connectivity index (χ1v) is 8.05. The standard InChI is InChI=1S/C12H14OSi/c1-5-11-7-6-10(9-13)8-12(11)14(2,3)4/h1,6-9H,2-4H3. The molecule has 2 heteroatoms. The largest absolute Gasteiger partial charge is 0.298 e. The first-order valence-electron chi connectivity index (χ1n) is 4.55. The molecule has 72 valence electrons. The monoisotopic (exact) mass is 202 g/mol. The van der Waals surface area contributed by atoms with E-state index in [-0.39, 0.29) is 0 Å². The molecule has 14 heavy (non-hydrogen) atoms. The lowest BCUT2D eigenvalue weighted by Crippen LogP contribution is -2.39. The average Bonchev–Trinajstić information content (AvgIpc) is 2.15. The Kier molecular flexibility index (Phi) is 2.92. The number of benzene rings is 1. The van der Waals surface area contributed by atoms with Gasteiger partial charge in [0.2, 0.25) is 0 Å². The summed E-state index contributed by atoms with van der Waals surface area (Å²) in [5, 5.41) is 1.18. The predicted molar refractivity (Wildman–Crippen MR) is 62.7 cm³/mol. The third kappa shape index (κ3) is 2.12. The van der Waals surface area contributed by atoms with Gasteiger partial charge in [0.25, 0.3) is 0 Å². The molecule has 1 rings (SSSR count). The Morgan fingerprint density at radius 3 is 2.43 bits per heavy atom. The van der Waals surface area contributed by atoms with E-state index >= 15 is 0 Å². The number of rotatable bonds is 2. The third-order valence-electron chi connectivity index (χ3n) is 2.14. The maximum atomic E-state index is 10.6. The fraction of sp³-hybridized carbons (Fsp3) is 0.250. The maximum absolute atomic E-state index is 10.6. The molecule has 0 aliphatic heterocycles. The molecule has 0 unspecified atom stereocenters. The van der Waals surface area contributed by atoms with Crippen molar-refractivity contribution in [1.29, 1.82) is 0 Å². The molecular formula is C12H14OSi. The minimum Gasteiger partial charge on any atom is -0.298 e. The molecule has 0 bridgehead atoms. The second kappa shape index (κ2) is 3.81. The quantitative estimate of drug-likeness (QED) is 0.407. The number of carbonyl (C=O) groups is 1. The van der Waals surface area contributed by atoms with Gasteiger partial charge in [-0.1, -0.05) is 37.7 Å². The second-order valence-corrected chi connectivity index (χ2v) is 9.36. The predicted octanol–water partition coefficient (Wildman–Crippen LogP) is 2.03. The van der Waals surface area contributed by atoms with E-state index in [1.807, 2.05) is 12.1 Å². The first-order chi connectivity index (χ1) is 6.49. The Balaban J connectivity index is 3.38. The number of carbonyl (C=O) groups excluding carboxylic acids is 1. The van der Waals surface area contributed by atoms with Crippen LogP contribution in [0.1, 0.15) is 15.9 Å². The molecule has 0 heterocycles. The van der Waals surface area contributed by atoms with Crippen LogP contribution in [-0.2, 0) is 0 Å². The van der Waals surface area contributed by atoms with Crippen molar-refractivity contribution in [1.82, 2.24) is 0 Å². The minimum atomic E-state index is -1.45. The fourth-order valence-corrected chi connectivity index (χ4v) is 2.94. The van der Waals surface area contributed by atoms with E-state index in [1.165, 1.54) is 5.19 Å². The topological polar surface area (TPSA) is 17.1 Å². The van der Waals surface area contributed by atoms with Gasteiger partial charge in [0.1, 0.15) is 6.29 Å². The van der Waals surface area contributed by atoms with Crippen LogP contribution in [0.2, 0.25) is 19.6 Å². The van der Waals surface area contributed by atoms with Crippen molar-refractivity contribution in [2.24, 2.45) is 0 Å². The highest BCUT2D eigenvalue weighted by molar-refractivity contribution is 6.89. The van der Waals surface area contributed by atoms with Crippen molar-refractivity contribution >= 4 is 19.5 Å². The van der Waals surface area contributed by atoms with Crippen molar-refractivity contribution in [2.45, 2.75) is 19.6 Å². The fourth-order valence-electron chi connectivity index (χ4n) is 1.38. The van der Waals surface area contributed by atoms with Crippen molar-refractivity contribution < 1.29 is 4.79 Å². The van der Waals surface area contributed by atoms with Crippen LogP contribution >= 0.6 is 0 Å². The van der Waals surface area contributed by atoms with E-state index in [1.54, 1.807) is 6.07 Å². The van der Waals surface area contributed by atoms with E-state index in [0.717, 1.165) is 11.8 Å². The molecular weight excluding hydrogens is 188 g/mol. The number of hydrogen-bond donors (Lipinski definition) is 0. The van der Waals surface area contributed by atoms with Gasteiger partial charge in [0.05, 0.1) is 8.07 Å². The highest BCUT2D eigenvalue weighted by atomic mass is 28.3. The summed E-state index contributed by atoms with van der Waals surface area (Å²) in [5.74, 6) is 2.67. The average molecular weight is 202 g/mol. The highest BCUT2D eigenvalue weighted by Gasteiger charge is 2.19. The van der Waals surface area contributed by atoms with Crippen molar-refractivity contribution in [3.8, 4) is 12.3 Å². The van der Waals surface area contributed by atoms with Crippen LogP contribution in [0.15, 0.2) is 18.2 Å². The number of hydrogen-bond acceptors (Lipinski definition) is 1. The molecule has 0 spiro atoms. The van der Waals surface area contributed by atoms with Gasteiger partial charge in [-0.3, -0.25) is 4.79 Å². The summed E-state index contributed by atoms with van der Waals surface area (Å²) in [6.07, 6.45) is 6.29. The Bertz CT molecular complexity index is 394. The Labute approximate surface area is 86.2 Å². The summed E-state index contributed by atoms with van der Waals surface area (Å²) < 4.78 is 0. The van der Waals surface area contributed by atoms with Gasteiger partial charge in [0, 0.05) is 11.1 Å². The van der Waals surface area contributed by atoms with E-state index in [9.17, 15) is 4.79 Å². The van der Waals surface area contributed by atoms with Gasteiger partial charge in [-0.2, -0.15) is 0 Å². The van der Waals surface area contributed by atoms with Crippen LogP contribution in [0.25, 0.3) is 0 Å². The molecule has 0 saturated heterocycles. The van der Waals surface area contributed by atoms with Crippen molar-refractivity contribution in [3.63, 3.8) is 0 Å². The molecule has 0 atom stereocenters. The Morgan fingerprint density at radius 2 is 2.00 bits per heavy atom. The van der Waals surface area contributed by atoms with Crippen LogP contribution in [0.4, 0.5) is 0 Å². The van der Waals surface area contributed by atoms with Crippen LogP contribution in [0.3, 0.4) is 0 Å². The second-order valence-electron chi connectivity index (χ2n) is 4.32. The lowest BCUT2D eigenvalue weighted by molar-refractivity contribution is 0.112. The zero-order valence-corrected chi connectivity index (χ0v) is 9.79. The van der Waals surface area contributed by atoms with E-state index in [0.29, 0.717) is 5.56 Å². The lowest BCUT2D eigenvalue weighted by Gasteiger charge is -2.18. The summed E-state index contributed by atoms with van der Waals surface area (Å²) in [5.41, 5.74) is 1.64. The molecule has 1 nitrogen and oxygen atoms in total. The van der Waals surface area contributed by atoms with Crippen LogP contribution in [0, 0.1) is 12.3 Å². The minimum absolute atomic E-state index is 0.710. The van der Waals surface area contributed by atoms with Crippen molar-refractivity contribution in [3.05, 3.63) is 29.3 Å². The van der Waals surface area contributed by atoms with E-state index in [2.05, 4.69) is 25.6 Å². The zero-order chi connectivity index (χ0) is 10.8. The van der Waals surface area contributed by atoms with E-state index < -0.39 is 8.07 Å². The lowest BCUT2D eigenvalue weighted by atomic mass is 10.1. The Morgan fingerprint density at radius 1 is 1.36 bits per heavy atom. The van der Waals surface area contributed by atoms with Crippen LogP contribution in [-0.4, -0.2) is 14.4 Å². The Hall–Kier alpha value is -1.33. The van der Waals surface area contributed by atoms with Gasteiger partial charge < -0.3 is 0 Å². The molecule has 0 N–H and O–H groups in total. The molecule has 0 fully saturated rings.